The summed E-state index contributed by atoms with van der Waals surface area (Å²) in [6, 6.07) is 8.35. The molecule has 3 heteroatoms. The third-order valence-electron chi connectivity index (χ3n) is 3.76. The highest BCUT2D eigenvalue weighted by molar-refractivity contribution is 6.02. The Morgan fingerprint density at radius 2 is 1.90 bits per heavy atom. The number of fused-ring (bicyclic) bond motifs is 3. The van der Waals surface area contributed by atoms with Crippen LogP contribution in [-0.2, 0) is 13.0 Å². The second kappa shape index (κ2) is 5.61. The van der Waals surface area contributed by atoms with Gasteiger partial charge in [0.15, 0.2) is 0 Å². The van der Waals surface area contributed by atoms with Gasteiger partial charge in [-0.05, 0) is 18.9 Å². The number of rotatable bonds is 5. The van der Waals surface area contributed by atoms with E-state index in [0.29, 0.717) is 0 Å². The molecule has 0 radical (unpaired) electrons. The fourth-order valence-electron chi connectivity index (χ4n) is 2.80. The lowest BCUT2D eigenvalue weighted by Crippen LogP contribution is -2.03. The number of nitrogens with zero attached hydrogens (tertiary/aromatic N) is 3. The van der Waals surface area contributed by atoms with E-state index < -0.39 is 0 Å². The van der Waals surface area contributed by atoms with Crippen molar-refractivity contribution in [2.24, 2.45) is 0 Å². The van der Waals surface area contributed by atoms with Crippen molar-refractivity contribution in [3.63, 3.8) is 0 Å². The van der Waals surface area contributed by atoms with Gasteiger partial charge in [0, 0.05) is 18.4 Å². The standard InChI is InChI=1S/C17H21N3/c1-3-5-10-16-19-15-12-18-14-9-7-6-8-13(14)17(15)20(16)11-4-2/h6-9,12H,3-5,10-11H2,1-2H3. The first-order chi connectivity index (χ1) is 9.85. The molecule has 0 bridgehead atoms. The molecule has 0 spiro atoms. The molecule has 0 unspecified atom stereocenters. The summed E-state index contributed by atoms with van der Waals surface area (Å²) in [5, 5.41) is 1.22. The number of imidazole rings is 1. The van der Waals surface area contributed by atoms with E-state index >= 15 is 0 Å². The Hall–Kier alpha value is -1.90. The molecule has 0 saturated heterocycles. The summed E-state index contributed by atoms with van der Waals surface area (Å²) in [6.07, 6.45) is 6.49. The zero-order valence-electron chi connectivity index (χ0n) is 12.3. The topological polar surface area (TPSA) is 30.7 Å². The van der Waals surface area contributed by atoms with Gasteiger partial charge in [0.25, 0.3) is 0 Å². The number of unbranched alkanes of at least 4 members (excludes halogenated alkanes) is 1. The average Bonchev–Trinajstić information content (AvgIpc) is 2.84. The fraction of sp³-hybridized carbons (Fsp3) is 0.412. The van der Waals surface area contributed by atoms with Gasteiger partial charge in [-0.2, -0.15) is 0 Å². The van der Waals surface area contributed by atoms with Crippen molar-refractivity contribution in [1.29, 1.82) is 0 Å². The minimum absolute atomic E-state index is 1.03. The van der Waals surface area contributed by atoms with Crippen LogP contribution in [0.2, 0.25) is 0 Å². The largest absolute Gasteiger partial charge is 0.327 e. The monoisotopic (exact) mass is 267 g/mol. The highest BCUT2D eigenvalue weighted by atomic mass is 15.1. The van der Waals surface area contributed by atoms with Gasteiger partial charge in [-0.15, -0.1) is 0 Å². The average molecular weight is 267 g/mol. The highest BCUT2D eigenvalue weighted by Gasteiger charge is 2.13. The van der Waals surface area contributed by atoms with E-state index in [9.17, 15) is 0 Å². The second-order valence-corrected chi connectivity index (χ2v) is 5.29. The summed E-state index contributed by atoms with van der Waals surface area (Å²) in [5.74, 6) is 1.21. The Balaban J connectivity index is 2.26. The van der Waals surface area contributed by atoms with Gasteiger partial charge in [0.2, 0.25) is 0 Å². The molecule has 2 aromatic heterocycles. The fourth-order valence-corrected chi connectivity index (χ4v) is 2.80. The van der Waals surface area contributed by atoms with Crippen LogP contribution in [-0.4, -0.2) is 14.5 Å². The lowest BCUT2D eigenvalue weighted by Gasteiger charge is -2.08. The highest BCUT2D eigenvalue weighted by Crippen LogP contribution is 2.25. The first-order valence-electron chi connectivity index (χ1n) is 7.58. The molecule has 0 aliphatic carbocycles. The number of aromatic nitrogens is 3. The van der Waals surface area contributed by atoms with Crippen LogP contribution >= 0.6 is 0 Å². The van der Waals surface area contributed by atoms with Crippen molar-refractivity contribution < 1.29 is 0 Å². The molecule has 3 nitrogen and oxygen atoms in total. The smallest absolute Gasteiger partial charge is 0.109 e. The number of pyridine rings is 1. The molecule has 3 rings (SSSR count). The second-order valence-electron chi connectivity index (χ2n) is 5.29. The molecule has 0 saturated carbocycles. The molecule has 3 aromatic rings. The zero-order chi connectivity index (χ0) is 13.9. The maximum absolute atomic E-state index is 4.82. The molecule has 0 amide bonds. The Kier molecular flexibility index (Phi) is 3.68. The molecular weight excluding hydrogens is 246 g/mol. The van der Waals surface area contributed by atoms with Gasteiger partial charge < -0.3 is 4.57 Å². The predicted molar refractivity (Wildman–Crippen MR) is 83.9 cm³/mol. The normalized spacial score (nSPS) is 11.5. The Morgan fingerprint density at radius 3 is 2.70 bits per heavy atom. The van der Waals surface area contributed by atoms with Crippen molar-refractivity contribution in [1.82, 2.24) is 14.5 Å². The van der Waals surface area contributed by atoms with Crippen LogP contribution in [0.15, 0.2) is 30.5 Å². The lowest BCUT2D eigenvalue weighted by molar-refractivity contribution is 0.634. The Labute approximate surface area is 119 Å². The minimum Gasteiger partial charge on any atom is -0.327 e. The van der Waals surface area contributed by atoms with Crippen LogP contribution in [0.3, 0.4) is 0 Å². The maximum Gasteiger partial charge on any atom is 0.109 e. The summed E-state index contributed by atoms with van der Waals surface area (Å²) in [7, 11) is 0. The van der Waals surface area contributed by atoms with Gasteiger partial charge in [0.1, 0.15) is 11.3 Å². The molecule has 2 heterocycles. The molecule has 0 fully saturated rings. The van der Waals surface area contributed by atoms with Crippen molar-refractivity contribution in [3.8, 4) is 0 Å². The van der Waals surface area contributed by atoms with Gasteiger partial charge >= 0.3 is 0 Å². The number of aryl methyl sites for hydroxylation is 2. The number of benzene rings is 1. The first-order valence-corrected chi connectivity index (χ1v) is 7.58. The number of hydrogen-bond acceptors (Lipinski definition) is 2. The third-order valence-corrected chi connectivity index (χ3v) is 3.76. The molecule has 0 aliphatic rings. The first kappa shape index (κ1) is 13.1. The molecular formula is C17H21N3. The van der Waals surface area contributed by atoms with Crippen molar-refractivity contribution >= 4 is 21.9 Å². The van der Waals surface area contributed by atoms with Crippen LogP contribution in [0, 0.1) is 0 Å². The molecule has 0 N–H and O–H groups in total. The maximum atomic E-state index is 4.82. The molecule has 20 heavy (non-hydrogen) atoms. The van der Waals surface area contributed by atoms with Gasteiger partial charge in [-0.3, -0.25) is 4.98 Å². The van der Waals surface area contributed by atoms with E-state index in [2.05, 4.69) is 41.6 Å². The van der Waals surface area contributed by atoms with E-state index in [-0.39, 0.29) is 0 Å². The van der Waals surface area contributed by atoms with Crippen LogP contribution in [0.5, 0.6) is 0 Å². The van der Waals surface area contributed by atoms with Crippen molar-refractivity contribution in [2.45, 2.75) is 46.1 Å². The Bertz CT molecular complexity index is 728. The van der Waals surface area contributed by atoms with E-state index in [0.717, 1.165) is 30.4 Å². The quantitative estimate of drug-likeness (QED) is 0.688. The number of para-hydroxylation sites is 1. The van der Waals surface area contributed by atoms with E-state index in [4.69, 9.17) is 4.98 Å². The van der Waals surface area contributed by atoms with Crippen LogP contribution < -0.4 is 0 Å². The minimum atomic E-state index is 1.03. The summed E-state index contributed by atoms with van der Waals surface area (Å²) in [6.45, 7) is 5.48. The van der Waals surface area contributed by atoms with E-state index in [1.807, 2.05) is 12.3 Å². The summed E-state index contributed by atoms with van der Waals surface area (Å²) < 4.78 is 2.40. The predicted octanol–water partition coefficient (Wildman–Crippen LogP) is 4.34. The van der Waals surface area contributed by atoms with Crippen LogP contribution in [0.4, 0.5) is 0 Å². The van der Waals surface area contributed by atoms with Crippen molar-refractivity contribution in [2.75, 3.05) is 0 Å². The lowest BCUT2D eigenvalue weighted by atomic mass is 10.2. The molecule has 1 aromatic carbocycles. The van der Waals surface area contributed by atoms with Crippen molar-refractivity contribution in [3.05, 3.63) is 36.3 Å². The Morgan fingerprint density at radius 1 is 1.05 bits per heavy atom. The van der Waals surface area contributed by atoms with Gasteiger partial charge in [-0.1, -0.05) is 38.5 Å². The van der Waals surface area contributed by atoms with E-state index in [1.165, 1.54) is 29.6 Å². The summed E-state index contributed by atoms with van der Waals surface area (Å²) in [4.78, 5) is 9.35. The zero-order valence-corrected chi connectivity index (χ0v) is 12.3. The van der Waals surface area contributed by atoms with Crippen LogP contribution in [0.1, 0.15) is 38.9 Å². The molecule has 104 valence electrons. The summed E-state index contributed by atoms with van der Waals surface area (Å²) in [5.41, 5.74) is 3.34. The number of hydrogen-bond donors (Lipinski definition) is 0. The SMILES string of the molecule is CCCCc1nc2cnc3ccccc3c2n1CCC. The van der Waals surface area contributed by atoms with E-state index in [1.54, 1.807) is 0 Å². The molecule has 0 atom stereocenters. The molecule has 0 aliphatic heterocycles. The van der Waals surface area contributed by atoms with Gasteiger partial charge in [0.05, 0.1) is 17.2 Å². The van der Waals surface area contributed by atoms with Crippen LogP contribution in [0.25, 0.3) is 21.9 Å². The summed E-state index contributed by atoms with van der Waals surface area (Å²) >= 11 is 0. The van der Waals surface area contributed by atoms with Gasteiger partial charge in [-0.25, -0.2) is 4.98 Å². The third kappa shape index (κ3) is 2.17.